The number of benzene rings is 4. The first-order valence-corrected chi connectivity index (χ1v) is 16.2. The molecule has 49 heavy (non-hydrogen) atoms. The molecule has 0 bridgehead atoms. The van der Waals surface area contributed by atoms with Crippen LogP contribution in [0.15, 0.2) is 82.8 Å². The molecule has 9 heteroatoms. The summed E-state index contributed by atoms with van der Waals surface area (Å²) in [4.78, 5) is 14.9. The fourth-order valence-electron chi connectivity index (χ4n) is 7.16. The number of hydrogen-bond donors (Lipinski definition) is 7. The van der Waals surface area contributed by atoms with Crippen LogP contribution in [0.25, 0.3) is 22.3 Å². The van der Waals surface area contributed by atoms with Crippen molar-refractivity contribution in [3.05, 3.63) is 106 Å². The molecule has 0 fully saturated rings. The highest BCUT2D eigenvalue weighted by Gasteiger charge is 2.42. The molecule has 0 saturated heterocycles. The monoisotopic (exact) mass is 664 g/mol. The van der Waals surface area contributed by atoms with Gasteiger partial charge in [-0.25, -0.2) is 0 Å². The lowest BCUT2D eigenvalue weighted by atomic mass is 9.65. The van der Waals surface area contributed by atoms with Crippen LogP contribution >= 0.6 is 0 Å². The minimum Gasteiger partial charge on any atom is -0.508 e. The normalized spacial score (nSPS) is 18.1. The molecule has 0 amide bonds. The van der Waals surface area contributed by atoms with Gasteiger partial charge in [0, 0.05) is 58.0 Å². The first kappa shape index (κ1) is 33.5. The van der Waals surface area contributed by atoms with E-state index in [0.717, 1.165) is 5.57 Å². The summed E-state index contributed by atoms with van der Waals surface area (Å²) in [6.45, 7) is 7.07. The van der Waals surface area contributed by atoms with Gasteiger partial charge in [-0.05, 0) is 106 Å². The smallest absolute Gasteiger partial charge is 0.167 e. The lowest BCUT2D eigenvalue weighted by Gasteiger charge is -2.37. The largest absolute Gasteiger partial charge is 0.508 e. The Morgan fingerprint density at radius 1 is 0.796 bits per heavy atom. The van der Waals surface area contributed by atoms with E-state index in [2.05, 4.69) is 0 Å². The Morgan fingerprint density at radius 3 is 2.16 bits per heavy atom. The molecule has 0 aliphatic heterocycles. The van der Waals surface area contributed by atoms with Crippen molar-refractivity contribution in [1.29, 1.82) is 0 Å². The maximum Gasteiger partial charge on any atom is 0.167 e. The van der Waals surface area contributed by atoms with Gasteiger partial charge in [0.2, 0.25) is 0 Å². The van der Waals surface area contributed by atoms with Crippen LogP contribution in [0, 0.1) is 12.8 Å². The Morgan fingerprint density at radius 2 is 1.49 bits per heavy atom. The Balaban J connectivity index is 1.51. The van der Waals surface area contributed by atoms with Crippen molar-refractivity contribution in [3.63, 3.8) is 0 Å². The Kier molecular flexibility index (Phi) is 8.58. The van der Waals surface area contributed by atoms with Gasteiger partial charge in [0.1, 0.15) is 45.8 Å². The number of phenolic OH excluding ortho intramolecular Hbond substituents is 6. The summed E-state index contributed by atoms with van der Waals surface area (Å²) in [5.41, 5.74) is 3.19. The van der Waals surface area contributed by atoms with Crippen LogP contribution in [-0.4, -0.2) is 47.1 Å². The average Bonchev–Trinajstić information content (AvgIpc) is 3.42. The SMILES string of the molecule is CC1=CC(c2cc3cc(-c4cc(O)cc(O)c4)oc3cc2O)C(C(=O)c2ccc(O)c(CCC(C)(C)O)c2C)C(c2ccc(O)cc2O)C1. The minimum atomic E-state index is -0.985. The van der Waals surface area contributed by atoms with E-state index >= 15 is 0 Å². The van der Waals surface area contributed by atoms with Crippen LogP contribution in [0.2, 0.25) is 0 Å². The molecular weight excluding hydrogens is 624 g/mol. The molecule has 0 spiro atoms. The van der Waals surface area contributed by atoms with Gasteiger partial charge in [-0.2, -0.15) is 0 Å². The summed E-state index contributed by atoms with van der Waals surface area (Å²) >= 11 is 0. The number of ketones is 1. The lowest BCUT2D eigenvalue weighted by molar-refractivity contribution is 0.0712. The van der Waals surface area contributed by atoms with Crippen LogP contribution in [-0.2, 0) is 6.42 Å². The van der Waals surface area contributed by atoms with E-state index in [1.54, 1.807) is 45.0 Å². The van der Waals surface area contributed by atoms with Crippen molar-refractivity contribution in [1.82, 2.24) is 0 Å². The summed E-state index contributed by atoms with van der Waals surface area (Å²) < 4.78 is 5.99. The van der Waals surface area contributed by atoms with Crippen molar-refractivity contribution in [2.45, 2.75) is 64.4 Å². The molecule has 9 nitrogen and oxygen atoms in total. The van der Waals surface area contributed by atoms with Crippen LogP contribution < -0.4 is 0 Å². The van der Waals surface area contributed by atoms with Crippen LogP contribution in [0.4, 0.5) is 0 Å². The van der Waals surface area contributed by atoms with Gasteiger partial charge in [0.25, 0.3) is 0 Å². The summed E-state index contributed by atoms with van der Waals surface area (Å²) in [5.74, 6) is -2.58. The van der Waals surface area contributed by atoms with Crippen molar-refractivity contribution >= 4 is 16.8 Å². The summed E-state index contributed by atoms with van der Waals surface area (Å²) in [5, 5.41) is 74.4. The predicted octanol–water partition coefficient (Wildman–Crippen LogP) is 8.06. The maximum absolute atomic E-state index is 14.9. The van der Waals surface area contributed by atoms with Gasteiger partial charge >= 0.3 is 0 Å². The number of rotatable bonds is 8. The maximum atomic E-state index is 14.9. The van der Waals surface area contributed by atoms with Crippen molar-refractivity contribution in [3.8, 4) is 45.8 Å². The number of aliphatic hydroxyl groups is 1. The zero-order valence-corrected chi connectivity index (χ0v) is 27.7. The van der Waals surface area contributed by atoms with Gasteiger partial charge in [-0.15, -0.1) is 0 Å². The topological polar surface area (TPSA) is 172 Å². The van der Waals surface area contributed by atoms with Crippen molar-refractivity contribution in [2.24, 2.45) is 5.92 Å². The Bertz CT molecular complexity index is 2090. The number of aromatic hydroxyl groups is 6. The number of phenols is 6. The number of Topliss-reactive ketones (excluding diaryl/α,β-unsaturated/α-hetero) is 1. The molecule has 5 aromatic rings. The van der Waals surface area contributed by atoms with Crippen LogP contribution in [0.1, 0.15) is 78.1 Å². The number of carbonyl (C=O) groups excluding carboxylic acids is 1. The lowest BCUT2D eigenvalue weighted by Crippen LogP contribution is -2.32. The Hall–Kier alpha value is -5.41. The zero-order valence-electron chi connectivity index (χ0n) is 27.7. The molecule has 4 aromatic carbocycles. The van der Waals surface area contributed by atoms with Gasteiger partial charge < -0.3 is 40.2 Å². The molecule has 3 atom stereocenters. The first-order valence-electron chi connectivity index (χ1n) is 16.2. The average molecular weight is 665 g/mol. The molecule has 6 rings (SSSR count). The highest BCUT2D eigenvalue weighted by atomic mass is 16.3. The molecule has 0 radical (unpaired) electrons. The summed E-state index contributed by atoms with van der Waals surface area (Å²) in [6, 6.07) is 16.5. The number of carbonyl (C=O) groups is 1. The van der Waals surface area contributed by atoms with E-state index in [0.29, 0.717) is 69.4 Å². The molecule has 0 saturated carbocycles. The third-order valence-corrected chi connectivity index (χ3v) is 9.58. The van der Waals surface area contributed by atoms with Gasteiger partial charge in [-0.3, -0.25) is 4.79 Å². The Labute approximate surface area is 283 Å². The third kappa shape index (κ3) is 6.67. The second-order valence-electron chi connectivity index (χ2n) is 13.8. The molecule has 3 unspecified atom stereocenters. The molecule has 1 aromatic heterocycles. The number of fused-ring (bicyclic) bond motifs is 1. The number of furan rings is 1. The van der Waals surface area contributed by atoms with Crippen LogP contribution in [0.5, 0.6) is 34.5 Å². The second-order valence-corrected chi connectivity index (χ2v) is 13.8. The van der Waals surface area contributed by atoms with Crippen LogP contribution in [0.3, 0.4) is 0 Å². The van der Waals surface area contributed by atoms with E-state index in [1.165, 1.54) is 42.5 Å². The van der Waals surface area contributed by atoms with E-state index < -0.39 is 23.4 Å². The van der Waals surface area contributed by atoms with Crippen molar-refractivity contribution < 1.29 is 45.0 Å². The standard InChI is InChI=1S/C40H40O9/c1-20-11-31(29-6-5-24(41)18-34(29)45)38(39(47)28-7-8-33(44)27(21(28)2)9-10-40(3,4)48)32(12-20)30-15-23-16-36(49-37(23)19-35(30)46)22-13-25(42)17-26(43)14-22/h5-8,12-19,31-32,38,41-46,48H,9-11H2,1-4H3. The summed E-state index contributed by atoms with van der Waals surface area (Å²) in [7, 11) is 0. The molecule has 254 valence electrons. The molecule has 1 heterocycles. The summed E-state index contributed by atoms with van der Waals surface area (Å²) in [6.07, 6.45) is 3.08. The molecule has 1 aliphatic carbocycles. The molecular formula is C40H40O9. The van der Waals surface area contributed by atoms with Gasteiger partial charge in [0.15, 0.2) is 5.78 Å². The number of hydrogen-bond acceptors (Lipinski definition) is 9. The van der Waals surface area contributed by atoms with E-state index in [4.69, 9.17) is 4.42 Å². The zero-order chi connectivity index (χ0) is 35.4. The molecule has 7 N–H and O–H groups in total. The highest BCUT2D eigenvalue weighted by Crippen LogP contribution is 2.51. The quantitative estimate of drug-likeness (QED) is 0.0640. The first-order chi connectivity index (χ1) is 23.1. The number of allylic oxidation sites excluding steroid dienone is 2. The van der Waals surface area contributed by atoms with E-state index in [1.807, 2.05) is 13.0 Å². The third-order valence-electron chi connectivity index (χ3n) is 9.58. The van der Waals surface area contributed by atoms with Crippen molar-refractivity contribution in [2.75, 3.05) is 0 Å². The highest BCUT2D eigenvalue weighted by molar-refractivity contribution is 6.01. The van der Waals surface area contributed by atoms with Gasteiger partial charge in [0.05, 0.1) is 5.60 Å². The predicted molar refractivity (Wildman–Crippen MR) is 186 cm³/mol. The minimum absolute atomic E-state index is 0.0286. The van der Waals surface area contributed by atoms with E-state index in [-0.39, 0.29) is 40.3 Å². The second kappa shape index (κ2) is 12.6. The fourth-order valence-corrected chi connectivity index (χ4v) is 7.16. The molecule has 1 aliphatic rings. The van der Waals surface area contributed by atoms with Gasteiger partial charge in [-0.1, -0.05) is 17.7 Å². The fraction of sp³-hybridized carbons (Fsp3) is 0.275. The van der Waals surface area contributed by atoms with E-state index in [9.17, 15) is 40.5 Å².